The van der Waals surface area contributed by atoms with Gasteiger partial charge in [0.1, 0.15) is 0 Å². The maximum absolute atomic E-state index is 4.25. The summed E-state index contributed by atoms with van der Waals surface area (Å²) in [5.74, 6) is 0. The molecule has 1 aromatic heterocycles. The first kappa shape index (κ1) is 8.75. The van der Waals surface area contributed by atoms with Crippen LogP contribution in [0.25, 0.3) is 0 Å². The SMILES string of the molecule is CC(C)(C)N1CCc2c[nH]nc2C1. The second kappa shape index (κ2) is 2.84. The Kier molecular flexibility index (Phi) is 1.91. The first-order valence-electron chi connectivity index (χ1n) is 4.84. The monoisotopic (exact) mass is 179 g/mol. The predicted molar refractivity (Wildman–Crippen MR) is 52.5 cm³/mol. The molecule has 1 aromatic rings. The summed E-state index contributed by atoms with van der Waals surface area (Å²) in [6, 6.07) is 0. The van der Waals surface area contributed by atoms with E-state index in [4.69, 9.17) is 0 Å². The summed E-state index contributed by atoms with van der Waals surface area (Å²) >= 11 is 0. The molecule has 0 amide bonds. The van der Waals surface area contributed by atoms with Crippen molar-refractivity contribution in [2.45, 2.75) is 39.3 Å². The minimum Gasteiger partial charge on any atom is -0.292 e. The van der Waals surface area contributed by atoms with Crippen molar-refractivity contribution in [2.75, 3.05) is 6.54 Å². The van der Waals surface area contributed by atoms with Gasteiger partial charge >= 0.3 is 0 Å². The molecule has 2 rings (SSSR count). The van der Waals surface area contributed by atoms with E-state index in [2.05, 4.69) is 35.9 Å². The van der Waals surface area contributed by atoms with Crippen LogP contribution in [-0.4, -0.2) is 27.2 Å². The fraction of sp³-hybridized carbons (Fsp3) is 0.700. The van der Waals surface area contributed by atoms with Gasteiger partial charge in [0.2, 0.25) is 0 Å². The molecular weight excluding hydrogens is 162 g/mol. The molecule has 1 aliphatic rings. The van der Waals surface area contributed by atoms with E-state index in [0.717, 1.165) is 19.5 Å². The van der Waals surface area contributed by atoms with Crippen LogP contribution in [0, 0.1) is 0 Å². The van der Waals surface area contributed by atoms with Crippen LogP contribution in [0.5, 0.6) is 0 Å². The summed E-state index contributed by atoms with van der Waals surface area (Å²) in [5.41, 5.74) is 2.87. The van der Waals surface area contributed by atoms with Gasteiger partial charge in [-0.15, -0.1) is 0 Å². The van der Waals surface area contributed by atoms with Gasteiger partial charge in [0, 0.05) is 24.8 Å². The molecule has 13 heavy (non-hydrogen) atoms. The maximum atomic E-state index is 4.25. The number of hydrogen-bond donors (Lipinski definition) is 1. The number of nitrogens with zero attached hydrogens (tertiary/aromatic N) is 2. The zero-order valence-electron chi connectivity index (χ0n) is 8.59. The number of rotatable bonds is 0. The summed E-state index contributed by atoms with van der Waals surface area (Å²) in [5, 5.41) is 7.19. The van der Waals surface area contributed by atoms with Gasteiger partial charge in [0.15, 0.2) is 0 Å². The highest BCUT2D eigenvalue weighted by molar-refractivity contribution is 5.19. The van der Waals surface area contributed by atoms with Crippen LogP contribution in [0.2, 0.25) is 0 Å². The normalized spacial score (nSPS) is 18.7. The molecule has 1 N–H and O–H groups in total. The fourth-order valence-corrected chi connectivity index (χ4v) is 1.78. The van der Waals surface area contributed by atoms with Crippen molar-refractivity contribution in [1.29, 1.82) is 0 Å². The first-order chi connectivity index (χ1) is 6.07. The highest BCUT2D eigenvalue weighted by atomic mass is 15.2. The molecule has 0 spiro atoms. The lowest BCUT2D eigenvalue weighted by molar-refractivity contribution is 0.119. The smallest absolute Gasteiger partial charge is 0.0794 e. The average Bonchev–Trinajstić information content (AvgIpc) is 2.47. The van der Waals surface area contributed by atoms with E-state index in [1.807, 2.05) is 6.20 Å². The molecule has 0 saturated carbocycles. The summed E-state index contributed by atoms with van der Waals surface area (Å²) in [7, 11) is 0. The summed E-state index contributed by atoms with van der Waals surface area (Å²) in [6.07, 6.45) is 3.15. The lowest BCUT2D eigenvalue weighted by Crippen LogP contribution is -2.44. The lowest BCUT2D eigenvalue weighted by atomic mass is 10.00. The molecule has 0 saturated heterocycles. The van der Waals surface area contributed by atoms with Gasteiger partial charge in [-0.3, -0.25) is 10.00 Å². The third kappa shape index (κ3) is 1.61. The van der Waals surface area contributed by atoms with Crippen LogP contribution in [0.1, 0.15) is 32.0 Å². The fourth-order valence-electron chi connectivity index (χ4n) is 1.78. The Morgan fingerprint density at radius 3 is 2.92 bits per heavy atom. The van der Waals surface area contributed by atoms with E-state index in [1.54, 1.807) is 0 Å². The third-order valence-electron chi connectivity index (χ3n) is 2.75. The van der Waals surface area contributed by atoms with E-state index >= 15 is 0 Å². The molecule has 0 aromatic carbocycles. The van der Waals surface area contributed by atoms with Gasteiger partial charge in [-0.2, -0.15) is 5.10 Å². The van der Waals surface area contributed by atoms with Crippen molar-refractivity contribution in [3.05, 3.63) is 17.5 Å². The second-order valence-electron chi connectivity index (χ2n) is 4.70. The number of fused-ring (bicyclic) bond motifs is 1. The molecule has 3 nitrogen and oxygen atoms in total. The van der Waals surface area contributed by atoms with Crippen LogP contribution in [-0.2, 0) is 13.0 Å². The van der Waals surface area contributed by atoms with Crippen LogP contribution >= 0.6 is 0 Å². The van der Waals surface area contributed by atoms with Gasteiger partial charge in [-0.25, -0.2) is 0 Å². The zero-order chi connectivity index (χ0) is 9.47. The van der Waals surface area contributed by atoms with Gasteiger partial charge in [0.25, 0.3) is 0 Å². The van der Waals surface area contributed by atoms with Crippen molar-refractivity contribution in [3.63, 3.8) is 0 Å². The van der Waals surface area contributed by atoms with Crippen molar-refractivity contribution in [2.24, 2.45) is 0 Å². The number of aromatic nitrogens is 2. The molecule has 0 fully saturated rings. The van der Waals surface area contributed by atoms with Gasteiger partial charge in [0.05, 0.1) is 5.69 Å². The molecule has 0 aliphatic carbocycles. The first-order valence-corrected chi connectivity index (χ1v) is 4.84. The molecular formula is C10H17N3. The standard InChI is InChI=1S/C10H17N3/c1-10(2,3)13-5-4-8-6-11-12-9(8)7-13/h6H,4-5,7H2,1-3H3,(H,11,12). The van der Waals surface area contributed by atoms with Crippen LogP contribution in [0.3, 0.4) is 0 Å². The second-order valence-corrected chi connectivity index (χ2v) is 4.70. The van der Waals surface area contributed by atoms with Gasteiger partial charge in [-0.1, -0.05) is 0 Å². The van der Waals surface area contributed by atoms with Gasteiger partial charge < -0.3 is 0 Å². The zero-order valence-corrected chi connectivity index (χ0v) is 8.59. The quantitative estimate of drug-likeness (QED) is 0.655. The molecule has 0 bridgehead atoms. The van der Waals surface area contributed by atoms with E-state index in [1.165, 1.54) is 11.3 Å². The molecule has 0 atom stereocenters. The Morgan fingerprint density at radius 1 is 1.46 bits per heavy atom. The topological polar surface area (TPSA) is 31.9 Å². The largest absolute Gasteiger partial charge is 0.292 e. The van der Waals surface area contributed by atoms with Crippen molar-refractivity contribution >= 4 is 0 Å². The number of nitrogens with one attached hydrogen (secondary N) is 1. The van der Waals surface area contributed by atoms with E-state index in [9.17, 15) is 0 Å². The van der Waals surface area contributed by atoms with Crippen LogP contribution in [0.4, 0.5) is 0 Å². The molecule has 3 heteroatoms. The Labute approximate surface area is 79.1 Å². The molecule has 72 valence electrons. The summed E-state index contributed by atoms with van der Waals surface area (Å²) in [6.45, 7) is 8.90. The van der Waals surface area contributed by atoms with Crippen LogP contribution < -0.4 is 0 Å². The van der Waals surface area contributed by atoms with Crippen molar-refractivity contribution < 1.29 is 0 Å². The van der Waals surface area contributed by atoms with Gasteiger partial charge in [-0.05, 0) is 32.8 Å². The lowest BCUT2D eigenvalue weighted by Gasteiger charge is -2.37. The molecule has 0 radical (unpaired) electrons. The molecule has 1 aliphatic heterocycles. The Bertz CT molecular complexity index is 295. The number of hydrogen-bond acceptors (Lipinski definition) is 2. The summed E-state index contributed by atoms with van der Waals surface area (Å²) < 4.78 is 0. The highest BCUT2D eigenvalue weighted by Crippen LogP contribution is 2.22. The number of H-pyrrole nitrogens is 1. The Balaban J connectivity index is 2.18. The molecule has 2 heterocycles. The minimum atomic E-state index is 0.261. The van der Waals surface area contributed by atoms with E-state index < -0.39 is 0 Å². The Morgan fingerprint density at radius 2 is 2.23 bits per heavy atom. The van der Waals surface area contributed by atoms with Crippen molar-refractivity contribution in [1.82, 2.24) is 15.1 Å². The predicted octanol–water partition coefficient (Wildman–Crippen LogP) is 1.57. The molecule has 0 unspecified atom stereocenters. The average molecular weight is 179 g/mol. The third-order valence-corrected chi connectivity index (χ3v) is 2.75. The summed E-state index contributed by atoms with van der Waals surface area (Å²) in [4.78, 5) is 2.47. The number of aromatic amines is 1. The van der Waals surface area contributed by atoms with E-state index in [0.29, 0.717) is 0 Å². The maximum Gasteiger partial charge on any atom is 0.0794 e. The van der Waals surface area contributed by atoms with E-state index in [-0.39, 0.29) is 5.54 Å². The Hall–Kier alpha value is -0.830. The highest BCUT2D eigenvalue weighted by Gasteiger charge is 2.26. The van der Waals surface area contributed by atoms with Crippen molar-refractivity contribution in [3.8, 4) is 0 Å². The van der Waals surface area contributed by atoms with Crippen LogP contribution in [0.15, 0.2) is 6.20 Å². The minimum absolute atomic E-state index is 0.261.